The van der Waals surface area contributed by atoms with E-state index >= 15 is 0 Å². The summed E-state index contributed by atoms with van der Waals surface area (Å²) in [6.45, 7) is 17.3. The molecule has 0 saturated heterocycles. The van der Waals surface area contributed by atoms with Gasteiger partial charge in [-0.2, -0.15) is 0 Å². The van der Waals surface area contributed by atoms with E-state index in [-0.39, 0.29) is 12.0 Å². The third kappa shape index (κ3) is 21.0. The Morgan fingerprint density at radius 2 is 1.02 bits per heavy atom. The molecule has 0 amide bonds. The zero-order valence-corrected chi connectivity index (χ0v) is 29.4. The fourth-order valence-electron chi connectivity index (χ4n) is 5.93. The maximum Gasteiger partial charge on any atom is 0.695 e. The van der Waals surface area contributed by atoms with Crippen LogP contribution in [0.5, 0.6) is 0 Å². The van der Waals surface area contributed by atoms with Gasteiger partial charge in [-0.1, -0.05) is 145 Å². The Balaban J connectivity index is 0. The quantitative estimate of drug-likeness (QED) is 0.0887. The molecule has 0 aromatic heterocycles. The van der Waals surface area contributed by atoms with Crippen molar-refractivity contribution in [1.82, 2.24) is 0 Å². The first-order valence-corrected chi connectivity index (χ1v) is 19.7. The average molecular weight is 612 g/mol. The van der Waals surface area contributed by atoms with Gasteiger partial charge >= 0.3 is 15.9 Å². The molecule has 0 heterocycles. The lowest BCUT2D eigenvalue weighted by Crippen LogP contribution is -2.25. The van der Waals surface area contributed by atoms with Crippen LogP contribution in [0.15, 0.2) is 0 Å². The summed E-state index contributed by atoms with van der Waals surface area (Å²) in [7, 11) is -6.48. The van der Waals surface area contributed by atoms with Crippen LogP contribution in [0, 0.1) is 23.7 Å². The van der Waals surface area contributed by atoms with E-state index in [4.69, 9.17) is 9.42 Å². The molecule has 0 spiro atoms. The third-order valence-corrected chi connectivity index (χ3v) is 10.8. The van der Waals surface area contributed by atoms with Gasteiger partial charge in [0.25, 0.3) is 0 Å². The normalized spacial score (nSPS) is 16.8. The van der Waals surface area contributed by atoms with Gasteiger partial charge in [0.05, 0.1) is 5.66 Å². The van der Waals surface area contributed by atoms with Crippen LogP contribution in [0.4, 0.5) is 0 Å². The SMILES string of the molecule is CCCCC(CC)CC(C(CC)CCCC)P(=O)(O)O.CCCCC(CC)CC(O[P+](=O)O)C(CC)CCCC. The largest absolute Gasteiger partial charge is 0.695 e. The van der Waals surface area contributed by atoms with Gasteiger partial charge in [-0.3, -0.25) is 4.57 Å². The van der Waals surface area contributed by atoms with E-state index in [1.807, 2.05) is 0 Å². The molecule has 242 valence electrons. The van der Waals surface area contributed by atoms with Gasteiger partial charge in [-0.05, 0) is 49.4 Å². The van der Waals surface area contributed by atoms with Crippen LogP contribution in [0.1, 0.15) is 171 Å². The summed E-state index contributed by atoms with van der Waals surface area (Å²) in [6.07, 6.45) is 19.3. The number of hydrogen-bond acceptors (Lipinski definition) is 3. The molecular weight excluding hydrogens is 542 g/mol. The second kappa shape index (κ2) is 26.8. The van der Waals surface area contributed by atoms with Crippen molar-refractivity contribution in [2.45, 2.75) is 183 Å². The van der Waals surface area contributed by atoms with Crippen molar-refractivity contribution in [3.8, 4) is 0 Å². The minimum atomic E-state index is -3.99. The van der Waals surface area contributed by atoms with Crippen molar-refractivity contribution in [2.75, 3.05) is 0 Å². The predicted octanol–water partition coefficient (Wildman–Crippen LogP) is 11.2. The minimum absolute atomic E-state index is 0.0537. The smallest absolute Gasteiger partial charge is 0.324 e. The first-order valence-electron chi connectivity index (χ1n) is 16.9. The third-order valence-electron chi connectivity index (χ3n) is 8.86. The molecule has 0 aliphatic carbocycles. The first-order chi connectivity index (χ1) is 19.0. The number of unbranched alkanes of at least 4 members (excludes halogenated alkanes) is 4. The molecular formula is C32H69O6P2+. The molecule has 0 aromatic rings. The molecule has 0 radical (unpaired) electrons. The van der Waals surface area contributed by atoms with Crippen LogP contribution in [-0.4, -0.2) is 26.4 Å². The van der Waals surface area contributed by atoms with Crippen LogP contribution in [0.2, 0.25) is 0 Å². The van der Waals surface area contributed by atoms with Crippen LogP contribution >= 0.6 is 15.9 Å². The lowest BCUT2D eigenvalue weighted by atomic mass is 9.85. The molecule has 0 aromatic carbocycles. The first kappa shape index (κ1) is 42.3. The summed E-state index contributed by atoms with van der Waals surface area (Å²) < 4.78 is 28.4. The molecule has 0 fully saturated rings. The standard InChI is InChI=1S/C16H35O3P.C16H33O3P/c1-5-9-11-14(7-3)13-16(20(17,18)19)15(8-4)12-10-6-2;1-5-9-11-14(7-3)13-16(19-20(17)18)15(8-4)12-10-6-2/h14-16H,5-13H2,1-4H3,(H2,17,18,19);14-16H,5-13H2,1-4H3/p+1. The topological polar surface area (TPSA) is 104 Å². The van der Waals surface area contributed by atoms with Crippen molar-refractivity contribution in [3.05, 3.63) is 0 Å². The van der Waals surface area contributed by atoms with Crippen LogP contribution in [-0.2, 0) is 13.7 Å². The van der Waals surface area contributed by atoms with Crippen molar-refractivity contribution in [1.29, 1.82) is 0 Å². The summed E-state index contributed by atoms with van der Waals surface area (Å²) in [4.78, 5) is 28.7. The van der Waals surface area contributed by atoms with Crippen molar-refractivity contribution in [3.63, 3.8) is 0 Å². The van der Waals surface area contributed by atoms with Crippen molar-refractivity contribution >= 4 is 15.9 Å². The Labute approximate surface area is 250 Å². The lowest BCUT2D eigenvalue weighted by molar-refractivity contribution is 0.0893. The Morgan fingerprint density at radius 3 is 1.38 bits per heavy atom. The second-order valence-electron chi connectivity index (χ2n) is 12.0. The molecule has 0 bridgehead atoms. The highest BCUT2D eigenvalue weighted by molar-refractivity contribution is 7.52. The summed E-state index contributed by atoms with van der Waals surface area (Å²) in [6, 6.07) is 0. The zero-order valence-electron chi connectivity index (χ0n) is 27.7. The van der Waals surface area contributed by atoms with E-state index in [2.05, 4.69) is 55.4 Å². The fraction of sp³-hybridized carbons (Fsp3) is 1.00. The highest BCUT2D eigenvalue weighted by atomic mass is 31.2. The fourth-order valence-corrected chi connectivity index (χ4v) is 7.90. The molecule has 7 unspecified atom stereocenters. The van der Waals surface area contributed by atoms with E-state index in [1.54, 1.807) is 0 Å². The van der Waals surface area contributed by atoms with E-state index < -0.39 is 21.5 Å². The molecule has 0 aliphatic rings. The van der Waals surface area contributed by atoms with Crippen LogP contribution in [0.25, 0.3) is 0 Å². The van der Waals surface area contributed by atoms with Gasteiger partial charge in [0, 0.05) is 4.57 Å². The van der Waals surface area contributed by atoms with Gasteiger partial charge in [0.1, 0.15) is 6.10 Å². The Kier molecular flexibility index (Phi) is 28.3. The molecule has 8 heteroatoms. The molecule has 0 saturated carbocycles. The van der Waals surface area contributed by atoms with Gasteiger partial charge in [0.2, 0.25) is 0 Å². The Hall–Kier alpha value is 0.170. The van der Waals surface area contributed by atoms with E-state index in [0.29, 0.717) is 24.2 Å². The molecule has 0 rings (SSSR count). The zero-order chi connectivity index (χ0) is 31.0. The Morgan fingerprint density at radius 1 is 0.625 bits per heavy atom. The molecule has 6 nitrogen and oxygen atoms in total. The number of hydrogen-bond donors (Lipinski definition) is 3. The minimum Gasteiger partial charge on any atom is -0.324 e. The molecule has 40 heavy (non-hydrogen) atoms. The van der Waals surface area contributed by atoms with E-state index in [0.717, 1.165) is 77.0 Å². The monoisotopic (exact) mass is 611 g/mol. The summed E-state index contributed by atoms with van der Waals surface area (Å²) in [5.41, 5.74) is -0.430. The average Bonchev–Trinajstić information content (AvgIpc) is 2.92. The van der Waals surface area contributed by atoms with Gasteiger partial charge < -0.3 is 9.79 Å². The maximum absolute atomic E-state index is 11.9. The molecule has 3 N–H and O–H groups in total. The summed E-state index contributed by atoms with van der Waals surface area (Å²) in [5.74, 6) is 1.66. The molecule has 7 atom stereocenters. The van der Waals surface area contributed by atoms with Crippen LogP contribution in [0.3, 0.4) is 0 Å². The predicted molar refractivity (Wildman–Crippen MR) is 173 cm³/mol. The van der Waals surface area contributed by atoms with Crippen molar-refractivity contribution < 1.29 is 28.3 Å². The van der Waals surface area contributed by atoms with Crippen LogP contribution < -0.4 is 0 Å². The van der Waals surface area contributed by atoms with Gasteiger partial charge in [-0.25, -0.2) is 0 Å². The number of rotatable bonds is 25. The Bertz CT molecular complexity index is 627. The maximum atomic E-state index is 11.9. The van der Waals surface area contributed by atoms with E-state index in [1.165, 1.54) is 32.1 Å². The van der Waals surface area contributed by atoms with E-state index in [9.17, 15) is 18.9 Å². The second-order valence-corrected chi connectivity index (χ2v) is 14.5. The van der Waals surface area contributed by atoms with Gasteiger partial charge in [-0.15, -0.1) is 9.42 Å². The highest BCUT2D eigenvalue weighted by Crippen LogP contribution is 2.50. The lowest BCUT2D eigenvalue weighted by Gasteiger charge is -2.30. The van der Waals surface area contributed by atoms with Gasteiger partial charge in [0.15, 0.2) is 0 Å². The molecule has 0 aliphatic heterocycles. The summed E-state index contributed by atoms with van der Waals surface area (Å²) in [5, 5.41) is 0. The summed E-state index contributed by atoms with van der Waals surface area (Å²) >= 11 is 0. The van der Waals surface area contributed by atoms with Crippen molar-refractivity contribution in [2.24, 2.45) is 23.7 Å². The highest BCUT2D eigenvalue weighted by Gasteiger charge is 2.36.